The first-order valence-electron chi connectivity index (χ1n) is 10.6. The Hall–Kier alpha value is -1.78. The second-order valence-corrected chi connectivity index (χ2v) is 9.65. The molecular formula is C19H27F9O7S. The predicted molar refractivity (Wildman–Crippen MR) is 105 cm³/mol. The monoisotopic (exact) mass is 570 g/mol. The van der Waals surface area contributed by atoms with Crippen LogP contribution in [0.4, 0.5) is 39.5 Å². The average molecular weight is 570 g/mol. The zero-order valence-electron chi connectivity index (χ0n) is 19.3. The van der Waals surface area contributed by atoms with E-state index in [-0.39, 0.29) is 25.7 Å². The molecule has 0 aliphatic carbocycles. The van der Waals surface area contributed by atoms with Crippen molar-refractivity contribution >= 4 is 22.1 Å². The molecule has 0 aromatic rings. The maximum atomic E-state index is 13.1. The van der Waals surface area contributed by atoms with Gasteiger partial charge in [-0.15, -0.1) is 0 Å². The van der Waals surface area contributed by atoms with Crippen LogP contribution in [0.5, 0.6) is 0 Å². The van der Waals surface area contributed by atoms with Crippen molar-refractivity contribution in [3.63, 3.8) is 0 Å². The second-order valence-electron chi connectivity index (χ2n) is 8.20. The average Bonchev–Trinajstić information content (AvgIpc) is 2.65. The molecule has 0 aromatic heterocycles. The Bertz CT molecular complexity index is 822. The van der Waals surface area contributed by atoms with Gasteiger partial charge in [-0.2, -0.15) is 47.9 Å². The number of esters is 2. The number of halogens is 9. The zero-order valence-corrected chi connectivity index (χ0v) is 20.1. The first-order chi connectivity index (χ1) is 16.0. The second kappa shape index (κ2) is 12.6. The van der Waals surface area contributed by atoms with Crippen LogP contribution in [0.25, 0.3) is 0 Å². The molecule has 36 heavy (non-hydrogen) atoms. The largest absolute Gasteiger partial charge is 0.450 e. The molecule has 1 atom stereocenters. The van der Waals surface area contributed by atoms with Gasteiger partial charge in [0.1, 0.15) is 5.75 Å². The van der Waals surface area contributed by atoms with Crippen molar-refractivity contribution in [1.29, 1.82) is 0 Å². The van der Waals surface area contributed by atoms with E-state index in [9.17, 15) is 57.5 Å². The molecule has 0 amide bonds. The molecule has 0 saturated heterocycles. The van der Waals surface area contributed by atoms with Gasteiger partial charge in [0.15, 0.2) is 0 Å². The number of hydrogen-bond donors (Lipinski definition) is 1. The Balaban J connectivity index is 4.59. The third-order valence-electron chi connectivity index (χ3n) is 5.21. The van der Waals surface area contributed by atoms with Gasteiger partial charge in [0.05, 0.1) is 0 Å². The Morgan fingerprint density at radius 3 is 1.36 bits per heavy atom. The van der Waals surface area contributed by atoms with E-state index in [1.165, 1.54) is 6.92 Å². The summed E-state index contributed by atoms with van der Waals surface area (Å²) >= 11 is 0. The Morgan fingerprint density at radius 2 is 1.06 bits per heavy atom. The van der Waals surface area contributed by atoms with E-state index in [0.717, 1.165) is 6.92 Å². The van der Waals surface area contributed by atoms with Crippen LogP contribution in [0.3, 0.4) is 0 Å². The molecule has 0 aliphatic heterocycles. The minimum Gasteiger partial charge on any atom is -0.450 e. The van der Waals surface area contributed by atoms with Crippen molar-refractivity contribution in [2.45, 2.75) is 101 Å². The summed E-state index contributed by atoms with van der Waals surface area (Å²) in [4.78, 5) is 23.3. The maximum absolute atomic E-state index is 13.1. The van der Waals surface area contributed by atoms with Crippen molar-refractivity contribution in [1.82, 2.24) is 0 Å². The molecular weight excluding hydrogens is 543 g/mol. The molecule has 0 spiro atoms. The van der Waals surface area contributed by atoms with Gasteiger partial charge >= 0.3 is 36.1 Å². The summed E-state index contributed by atoms with van der Waals surface area (Å²) < 4.78 is 155. The van der Waals surface area contributed by atoms with Crippen LogP contribution in [0.2, 0.25) is 0 Å². The van der Waals surface area contributed by atoms with Gasteiger partial charge < -0.3 is 9.47 Å². The third kappa shape index (κ3) is 10.3. The first kappa shape index (κ1) is 34.2. The highest BCUT2D eigenvalue weighted by molar-refractivity contribution is 7.85. The van der Waals surface area contributed by atoms with Gasteiger partial charge in [-0.05, 0) is 26.2 Å². The number of rotatable bonds is 14. The van der Waals surface area contributed by atoms with Crippen LogP contribution in [0.15, 0.2) is 0 Å². The van der Waals surface area contributed by atoms with Crippen LogP contribution >= 0.6 is 0 Å². The number of ether oxygens (including phenoxy) is 2. The van der Waals surface area contributed by atoms with Crippen LogP contribution in [0, 0.1) is 0 Å². The molecule has 0 saturated carbocycles. The summed E-state index contributed by atoms with van der Waals surface area (Å²) in [5, 5.41) is 0. The van der Waals surface area contributed by atoms with Crippen LogP contribution in [-0.4, -0.2) is 60.4 Å². The lowest BCUT2D eigenvalue weighted by molar-refractivity contribution is -0.361. The van der Waals surface area contributed by atoms with E-state index in [1.807, 2.05) is 0 Å². The molecule has 17 heteroatoms. The minimum atomic E-state index is -6.40. The molecule has 214 valence electrons. The van der Waals surface area contributed by atoms with E-state index in [1.54, 1.807) is 0 Å². The fraction of sp³-hybridized carbons (Fsp3) is 0.895. The van der Waals surface area contributed by atoms with E-state index >= 15 is 0 Å². The topological polar surface area (TPSA) is 107 Å². The van der Waals surface area contributed by atoms with E-state index < -0.39 is 70.4 Å². The lowest BCUT2D eigenvalue weighted by Crippen LogP contribution is -2.63. The SMILES string of the molecule is CCC(C)(OC(=O)CCCCCCCCC(=O)OC(CS(=O)(=O)O)(C(F)(F)F)C(F)(F)F)C(F)(F)F. The van der Waals surface area contributed by atoms with Crippen molar-refractivity contribution < 1.29 is 71.5 Å². The van der Waals surface area contributed by atoms with Crippen LogP contribution in [0.1, 0.15) is 71.6 Å². The maximum Gasteiger partial charge on any atom is 0.438 e. The van der Waals surface area contributed by atoms with Gasteiger partial charge in [0, 0.05) is 12.8 Å². The van der Waals surface area contributed by atoms with Gasteiger partial charge in [0.25, 0.3) is 10.1 Å². The molecule has 0 rings (SSSR count). The molecule has 0 heterocycles. The summed E-state index contributed by atoms with van der Waals surface area (Å²) in [5.41, 5.74) is -8.06. The van der Waals surface area contributed by atoms with Gasteiger partial charge in [-0.25, -0.2) is 0 Å². The molecule has 0 fully saturated rings. The summed E-state index contributed by atoms with van der Waals surface area (Å²) in [6, 6.07) is 0. The van der Waals surface area contributed by atoms with E-state index in [0.29, 0.717) is 19.3 Å². The first-order valence-corrected chi connectivity index (χ1v) is 12.2. The Morgan fingerprint density at radius 1 is 0.694 bits per heavy atom. The number of hydrogen-bond acceptors (Lipinski definition) is 6. The normalized spacial score (nSPS) is 15.3. The number of unbranched alkanes of at least 4 members (excludes halogenated alkanes) is 5. The molecule has 7 nitrogen and oxygen atoms in total. The summed E-state index contributed by atoms with van der Waals surface area (Å²) in [6.45, 7) is 1.95. The summed E-state index contributed by atoms with van der Waals surface area (Å²) in [5.74, 6) is -6.00. The number of carbonyl (C=O) groups excluding carboxylic acids is 2. The van der Waals surface area contributed by atoms with Gasteiger partial charge in [-0.3, -0.25) is 14.1 Å². The van der Waals surface area contributed by atoms with Crippen molar-refractivity contribution in [2.24, 2.45) is 0 Å². The smallest absolute Gasteiger partial charge is 0.438 e. The summed E-state index contributed by atoms with van der Waals surface area (Å²) in [7, 11) is -5.86. The molecule has 0 bridgehead atoms. The lowest BCUT2D eigenvalue weighted by Gasteiger charge is -2.35. The number of carbonyl (C=O) groups is 2. The third-order valence-corrected chi connectivity index (χ3v) is 5.99. The minimum absolute atomic E-state index is 0.130. The van der Waals surface area contributed by atoms with E-state index in [4.69, 9.17) is 4.55 Å². The molecule has 1 N–H and O–H groups in total. The van der Waals surface area contributed by atoms with Crippen molar-refractivity contribution in [3.05, 3.63) is 0 Å². The fourth-order valence-electron chi connectivity index (χ4n) is 2.85. The predicted octanol–water partition coefficient (Wildman–Crippen LogP) is 5.68. The molecule has 1 unspecified atom stereocenters. The van der Waals surface area contributed by atoms with Gasteiger partial charge in [0.2, 0.25) is 5.60 Å². The van der Waals surface area contributed by atoms with E-state index in [2.05, 4.69) is 9.47 Å². The van der Waals surface area contributed by atoms with Crippen molar-refractivity contribution in [3.8, 4) is 0 Å². The standard InChI is InChI=1S/C19H27F9O7S/c1-3-15(2,17(20,21)22)34-13(29)10-8-6-4-5-7-9-11-14(30)35-16(18(23,24)25,19(26,27)28)12-36(31,32)33/h3-12H2,1-2H3,(H,31,32,33). The van der Waals surface area contributed by atoms with Gasteiger partial charge in [-0.1, -0.05) is 32.6 Å². The zero-order chi connectivity index (χ0) is 28.6. The molecule has 0 aliphatic rings. The lowest BCUT2D eigenvalue weighted by atomic mass is 10.0. The fourth-order valence-corrected chi connectivity index (χ4v) is 3.75. The number of alkyl halides is 9. The Kier molecular flexibility index (Phi) is 12.0. The molecule has 0 aromatic carbocycles. The van der Waals surface area contributed by atoms with Crippen LogP contribution < -0.4 is 0 Å². The highest BCUT2D eigenvalue weighted by Gasteiger charge is 2.75. The van der Waals surface area contributed by atoms with Crippen LogP contribution in [-0.2, 0) is 29.2 Å². The highest BCUT2D eigenvalue weighted by atomic mass is 32.2. The quantitative estimate of drug-likeness (QED) is 0.124. The van der Waals surface area contributed by atoms with Crippen molar-refractivity contribution in [2.75, 3.05) is 5.75 Å². The Labute approximate surface area is 201 Å². The molecule has 0 radical (unpaired) electrons. The highest BCUT2D eigenvalue weighted by Crippen LogP contribution is 2.47. The summed E-state index contributed by atoms with van der Waals surface area (Å²) in [6.07, 6.45) is -18.1.